The molecule has 1 atom stereocenters. The van der Waals surface area contributed by atoms with Crippen LogP contribution in [0, 0.1) is 6.92 Å². The van der Waals surface area contributed by atoms with Crippen molar-refractivity contribution in [3.63, 3.8) is 0 Å². The van der Waals surface area contributed by atoms with Crippen LogP contribution in [0.25, 0.3) is 0 Å². The first-order chi connectivity index (χ1) is 16.0. The molecule has 174 valence electrons. The van der Waals surface area contributed by atoms with Crippen LogP contribution >= 0.6 is 11.6 Å². The van der Waals surface area contributed by atoms with Crippen molar-refractivity contribution in [1.82, 2.24) is 9.47 Å². The topological polar surface area (TPSA) is 57.9 Å². The molecule has 2 aromatic carbocycles. The Balaban J connectivity index is 1.73. The summed E-state index contributed by atoms with van der Waals surface area (Å²) in [6.07, 6.45) is 0. The van der Waals surface area contributed by atoms with E-state index in [1.165, 1.54) is 5.69 Å². The van der Waals surface area contributed by atoms with Crippen molar-refractivity contribution in [3.8, 4) is 5.75 Å². The molecule has 1 aliphatic rings. The number of piperazine rings is 1. The van der Waals surface area contributed by atoms with Crippen molar-refractivity contribution in [3.05, 3.63) is 92.9 Å². The third-order valence-electron chi connectivity index (χ3n) is 6.28. The molecule has 1 N–H and O–H groups in total. The van der Waals surface area contributed by atoms with Gasteiger partial charge in [-0.1, -0.05) is 41.9 Å². The SMILES string of the molecule is COCCn1c(C)cc(O)c([C@H](c2cccc(Cl)c2)N2CCN(c3ccccc3)CC2)c1=O. The first-order valence-corrected chi connectivity index (χ1v) is 11.6. The number of anilines is 1. The van der Waals surface area contributed by atoms with Crippen LogP contribution in [0.3, 0.4) is 0 Å². The Bertz CT molecular complexity index is 1140. The number of para-hydroxylation sites is 1. The molecule has 0 amide bonds. The third-order valence-corrected chi connectivity index (χ3v) is 6.52. The van der Waals surface area contributed by atoms with Gasteiger partial charge in [-0.2, -0.15) is 0 Å². The molecule has 2 heterocycles. The van der Waals surface area contributed by atoms with Gasteiger partial charge in [-0.3, -0.25) is 9.69 Å². The Morgan fingerprint density at radius 2 is 1.76 bits per heavy atom. The Kier molecular flexibility index (Phi) is 7.38. The summed E-state index contributed by atoms with van der Waals surface area (Å²) in [5, 5.41) is 11.6. The monoisotopic (exact) mass is 467 g/mol. The first-order valence-electron chi connectivity index (χ1n) is 11.2. The number of nitrogens with zero attached hydrogens (tertiary/aromatic N) is 3. The zero-order valence-electron chi connectivity index (χ0n) is 19.1. The number of methoxy groups -OCH3 is 1. The fourth-order valence-electron chi connectivity index (χ4n) is 4.60. The summed E-state index contributed by atoms with van der Waals surface area (Å²) in [6, 6.07) is 19.2. The smallest absolute Gasteiger partial charge is 0.259 e. The Hall–Kier alpha value is -2.80. The number of hydrogen-bond acceptors (Lipinski definition) is 5. The number of aromatic hydroxyl groups is 1. The van der Waals surface area contributed by atoms with E-state index >= 15 is 0 Å². The number of ether oxygens (including phenoxy) is 1. The van der Waals surface area contributed by atoms with E-state index in [4.69, 9.17) is 16.3 Å². The number of aromatic nitrogens is 1. The summed E-state index contributed by atoms with van der Waals surface area (Å²) in [5.74, 6) is 0.0154. The molecule has 7 heteroatoms. The maximum Gasteiger partial charge on any atom is 0.259 e. The molecule has 0 saturated carbocycles. The number of halogens is 1. The van der Waals surface area contributed by atoms with Gasteiger partial charge in [0.15, 0.2) is 0 Å². The van der Waals surface area contributed by atoms with Gasteiger partial charge in [0.2, 0.25) is 0 Å². The molecule has 1 fully saturated rings. The van der Waals surface area contributed by atoms with Gasteiger partial charge in [-0.15, -0.1) is 0 Å². The second-order valence-corrected chi connectivity index (χ2v) is 8.79. The Morgan fingerprint density at radius 3 is 2.42 bits per heavy atom. The summed E-state index contributed by atoms with van der Waals surface area (Å²) in [5.41, 5.74) is 2.98. The molecule has 0 aliphatic carbocycles. The molecule has 0 bridgehead atoms. The molecule has 1 aliphatic heterocycles. The van der Waals surface area contributed by atoms with Crippen LogP contribution < -0.4 is 10.5 Å². The van der Waals surface area contributed by atoms with Gasteiger partial charge in [-0.05, 0) is 42.8 Å². The largest absolute Gasteiger partial charge is 0.507 e. The summed E-state index contributed by atoms with van der Waals surface area (Å²) >= 11 is 6.33. The molecule has 33 heavy (non-hydrogen) atoms. The van der Waals surface area contributed by atoms with Crippen LogP contribution in [0.1, 0.15) is 22.9 Å². The first kappa shape index (κ1) is 23.4. The molecular formula is C26H30ClN3O3. The van der Waals surface area contributed by atoms with E-state index < -0.39 is 6.04 Å². The molecular weight excluding hydrogens is 438 g/mol. The van der Waals surface area contributed by atoms with Gasteiger partial charge in [0, 0.05) is 56.2 Å². The zero-order chi connectivity index (χ0) is 23.4. The second kappa shape index (κ2) is 10.4. The molecule has 0 radical (unpaired) electrons. The highest BCUT2D eigenvalue weighted by molar-refractivity contribution is 6.30. The lowest BCUT2D eigenvalue weighted by molar-refractivity contribution is 0.183. The molecule has 6 nitrogen and oxygen atoms in total. The van der Waals surface area contributed by atoms with Crippen molar-refractivity contribution in [2.24, 2.45) is 0 Å². The van der Waals surface area contributed by atoms with Crippen molar-refractivity contribution < 1.29 is 9.84 Å². The average Bonchev–Trinajstić information content (AvgIpc) is 2.82. The number of pyridine rings is 1. The molecule has 1 saturated heterocycles. The normalized spacial score (nSPS) is 15.5. The standard InChI is InChI=1S/C26H30ClN3O3/c1-19-17-23(31)24(26(32)30(19)15-16-33-2)25(20-7-6-8-21(27)18-20)29-13-11-28(12-14-29)22-9-4-3-5-10-22/h3-10,17-18,25,31H,11-16H2,1-2H3/t25-/m0/s1. The van der Waals surface area contributed by atoms with Gasteiger partial charge in [-0.25, -0.2) is 0 Å². The lowest BCUT2D eigenvalue weighted by Gasteiger charge is -2.40. The van der Waals surface area contributed by atoms with Crippen LogP contribution in [-0.4, -0.2) is 54.5 Å². The molecule has 4 rings (SSSR count). The molecule has 0 spiro atoms. The highest BCUT2D eigenvalue weighted by atomic mass is 35.5. The van der Waals surface area contributed by atoms with Gasteiger partial charge in [0.1, 0.15) is 5.75 Å². The fraction of sp³-hybridized carbons (Fsp3) is 0.346. The number of benzene rings is 2. The number of hydrogen-bond donors (Lipinski definition) is 1. The zero-order valence-corrected chi connectivity index (χ0v) is 19.8. The minimum absolute atomic E-state index is 0.0154. The summed E-state index contributed by atoms with van der Waals surface area (Å²) in [7, 11) is 1.61. The van der Waals surface area contributed by atoms with Gasteiger partial charge >= 0.3 is 0 Å². The van der Waals surface area contributed by atoms with Crippen LogP contribution in [0.4, 0.5) is 5.69 Å². The van der Waals surface area contributed by atoms with E-state index in [0.717, 1.165) is 31.7 Å². The lowest BCUT2D eigenvalue weighted by Crippen LogP contribution is -2.49. The average molecular weight is 468 g/mol. The van der Waals surface area contributed by atoms with Crippen LogP contribution in [0.5, 0.6) is 5.75 Å². The Labute approximate surface area is 199 Å². The molecule has 1 aromatic heterocycles. The van der Waals surface area contributed by atoms with Crippen molar-refractivity contribution in [1.29, 1.82) is 0 Å². The lowest BCUT2D eigenvalue weighted by atomic mass is 9.96. The van der Waals surface area contributed by atoms with Gasteiger partial charge < -0.3 is 19.3 Å². The van der Waals surface area contributed by atoms with E-state index in [1.54, 1.807) is 17.7 Å². The van der Waals surface area contributed by atoms with E-state index in [1.807, 2.05) is 49.4 Å². The van der Waals surface area contributed by atoms with Crippen LogP contribution in [-0.2, 0) is 11.3 Å². The minimum atomic E-state index is -0.400. The molecule has 3 aromatic rings. The predicted molar refractivity (Wildman–Crippen MR) is 133 cm³/mol. The minimum Gasteiger partial charge on any atom is -0.507 e. The van der Waals surface area contributed by atoms with E-state index in [9.17, 15) is 9.90 Å². The van der Waals surface area contributed by atoms with Crippen LogP contribution in [0.15, 0.2) is 65.5 Å². The number of aryl methyl sites for hydroxylation is 1. The van der Waals surface area contributed by atoms with E-state index in [2.05, 4.69) is 21.9 Å². The Morgan fingerprint density at radius 1 is 1.03 bits per heavy atom. The highest BCUT2D eigenvalue weighted by Gasteiger charge is 2.31. The quantitative estimate of drug-likeness (QED) is 0.567. The maximum absolute atomic E-state index is 13.6. The third kappa shape index (κ3) is 5.08. The van der Waals surface area contributed by atoms with Crippen molar-refractivity contribution >= 4 is 17.3 Å². The number of rotatable bonds is 7. The molecule has 0 unspecified atom stereocenters. The maximum atomic E-state index is 13.6. The van der Waals surface area contributed by atoms with Crippen molar-refractivity contribution in [2.75, 3.05) is 44.8 Å². The second-order valence-electron chi connectivity index (χ2n) is 8.35. The fourth-order valence-corrected chi connectivity index (χ4v) is 4.80. The summed E-state index contributed by atoms with van der Waals surface area (Å²) in [4.78, 5) is 18.2. The van der Waals surface area contributed by atoms with E-state index in [-0.39, 0.29) is 11.3 Å². The summed E-state index contributed by atoms with van der Waals surface area (Å²) in [6.45, 7) is 5.82. The van der Waals surface area contributed by atoms with Gasteiger partial charge in [0.05, 0.1) is 18.2 Å². The van der Waals surface area contributed by atoms with E-state index in [0.29, 0.717) is 29.4 Å². The van der Waals surface area contributed by atoms with Crippen LogP contribution in [0.2, 0.25) is 5.02 Å². The predicted octanol–water partition coefficient (Wildman–Crippen LogP) is 4.07. The van der Waals surface area contributed by atoms with Gasteiger partial charge in [0.25, 0.3) is 5.56 Å². The highest BCUT2D eigenvalue weighted by Crippen LogP contribution is 2.34. The summed E-state index contributed by atoms with van der Waals surface area (Å²) < 4.78 is 6.88. The van der Waals surface area contributed by atoms with Crippen molar-refractivity contribution in [2.45, 2.75) is 19.5 Å².